The van der Waals surface area contributed by atoms with E-state index in [4.69, 9.17) is 16.3 Å². The van der Waals surface area contributed by atoms with E-state index in [0.717, 1.165) is 15.6 Å². The molecule has 0 bridgehead atoms. The van der Waals surface area contributed by atoms with Gasteiger partial charge in [0.25, 0.3) is 0 Å². The molecular weight excluding hydrogens is 419 g/mol. The van der Waals surface area contributed by atoms with Gasteiger partial charge in [-0.1, -0.05) is 29.8 Å². The van der Waals surface area contributed by atoms with Crippen LogP contribution in [0.4, 0.5) is 10.1 Å². The number of methoxy groups -OCH3 is 1. The van der Waals surface area contributed by atoms with Gasteiger partial charge in [0.2, 0.25) is 15.9 Å². The summed E-state index contributed by atoms with van der Waals surface area (Å²) >= 11 is 6.07. The highest BCUT2D eigenvalue weighted by molar-refractivity contribution is 7.89. The Hall–Kier alpha value is -2.16. The number of ether oxygens (including phenoxy) is 1. The highest BCUT2D eigenvalue weighted by Crippen LogP contribution is 2.35. The van der Waals surface area contributed by atoms with Gasteiger partial charge in [-0.15, -0.1) is 0 Å². The lowest BCUT2D eigenvalue weighted by Crippen LogP contribution is -2.47. The van der Waals surface area contributed by atoms with E-state index in [1.165, 1.54) is 25.3 Å². The molecule has 2 aromatic rings. The van der Waals surface area contributed by atoms with Gasteiger partial charge in [-0.25, -0.2) is 12.8 Å². The van der Waals surface area contributed by atoms with E-state index >= 15 is 0 Å². The average Bonchev–Trinajstić information content (AvgIpc) is 3.31. The SMILES string of the molecule is COc1ccc(S(=O)(=O)N2C[C@@H](F)C[C@H]2C(=O)N2CCc3ccccc32)cc1Cl. The Labute approximate surface area is 173 Å². The van der Waals surface area contributed by atoms with Crippen molar-refractivity contribution in [1.29, 1.82) is 0 Å². The third-order valence-electron chi connectivity index (χ3n) is 5.37. The van der Waals surface area contributed by atoms with Crippen LogP contribution in [0.1, 0.15) is 12.0 Å². The van der Waals surface area contributed by atoms with Crippen LogP contribution >= 0.6 is 11.6 Å². The van der Waals surface area contributed by atoms with Crippen LogP contribution in [-0.2, 0) is 21.2 Å². The van der Waals surface area contributed by atoms with E-state index in [-0.39, 0.29) is 22.9 Å². The minimum Gasteiger partial charge on any atom is -0.495 e. The molecule has 4 rings (SSSR count). The van der Waals surface area contributed by atoms with Crippen LogP contribution in [0, 0.1) is 0 Å². The number of anilines is 1. The van der Waals surface area contributed by atoms with Crippen LogP contribution in [0.3, 0.4) is 0 Å². The van der Waals surface area contributed by atoms with Gasteiger partial charge < -0.3 is 9.64 Å². The molecular formula is C20H20ClFN2O4S. The van der Waals surface area contributed by atoms with E-state index in [1.54, 1.807) is 4.90 Å². The van der Waals surface area contributed by atoms with Gasteiger partial charge in [0, 0.05) is 25.2 Å². The summed E-state index contributed by atoms with van der Waals surface area (Å²) in [6.45, 7) is 0.0890. The standard InChI is InChI=1S/C20H20ClFN2O4S/c1-28-19-7-6-15(11-16(19)21)29(26,27)24-12-14(22)10-18(24)20(25)23-9-8-13-4-2-3-5-17(13)23/h2-7,11,14,18H,8-10,12H2,1H3/t14-,18-/m0/s1. The molecule has 1 fully saturated rings. The third kappa shape index (κ3) is 3.49. The van der Waals surface area contributed by atoms with Crippen molar-refractivity contribution in [3.05, 3.63) is 53.1 Å². The number of hydrogen-bond acceptors (Lipinski definition) is 4. The molecule has 0 aliphatic carbocycles. The molecule has 154 valence electrons. The number of alkyl halides is 1. The Morgan fingerprint density at radius 1 is 1.24 bits per heavy atom. The first-order valence-corrected chi connectivity index (χ1v) is 11.0. The number of nitrogens with zero attached hydrogens (tertiary/aromatic N) is 2. The number of carbonyl (C=O) groups excluding carboxylic acids is 1. The number of benzene rings is 2. The normalized spacial score (nSPS) is 22.0. The van der Waals surface area contributed by atoms with Gasteiger partial charge in [0.1, 0.15) is 18.0 Å². The summed E-state index contributed by atoms with van der Waals surface area (Å²) in [6, 6.07) is 10.4. The predicted octanol–water partition coefficient (Wildman–Crippen LogP) is 3.04. The summed E-state index contributed by atoms with van der Waals surface area (Å²) in [4.78, 5) is 14.7. The van der Waals surface area contributed by atoms with E-state index in [0.29, 0.717) is 18.7 Å². The molecule has 9 heteroatoms. The maximum Gasteiger partial charge on any atom is 0.245 e. The number of rotatable bonds is 4. The Morgan fingerprint density at radius 2 is 2.00 bits per heavy atom. The van der Waals surface area contributed by atoms with Crippen molar-refractivity contribution >= 4 is 33.2 Å². The summed E-state index contributed by atoms with van der Waals surface area (Å²) < 4.78 is 46.7. The number of carbonyl (C=O) groups is 1. The van der Waals surface area contributed by atoms with Gasteiger partial charge in [-0.2, -0.15) is 4.31 Å². The van der Waals surface area contributed by atoms with E-state index in [2.05, 4.69) is 0 Å². The second kappa shape index (κ2) is 7.59. The van der Waals surface area contributed by atoms with Crippen molar-refractivity contribution in [3.8, 4) is 5.75 Å². The molecule has 1 amide bonds. The largest absolute Gasteiger partial charge is 0.495 e. The fraction of sp³-hybridized carbons (Fsp3) is 0.350. The molecule has 2 aromatic carbocycles. The van der Waals surface area contributed by atoms with Crippen LogP contribution in [0.25, 0.3) is 0 Å². The second-order valence-corrected chi connectivity index (χ2v) is 9.39. The van der Waals surface area contributed by atoms with Crippen LogP contribution in [0.5, 0.6) is 5.75 Å². The molecule has 0 saturated carbocycles. The number of halogens is 2. The van der Waals surface area contributed by atoms with Crippen LogP contribution in [0.2, 0.25) is 5.02 Å². The first-order chi connectivity index (χ1) is 13.8. The maximum atomic E-state index is 14.3. The van der Waals surface area contributed by atoms with Gasteiger partial charge >= 0.3 is 0 Å². The molecule has 29 heavy (non-hydrogen) atoms. The Kier molecular flexibility index (Phi) is 5.27. The fourth-order valence-corrected chi connectivity index (χ4v) is 5.91. The number of amides is 1. The monoisotopic (exact) mass is 438 g/mol. The van der Waals surface area contributed by atoms with Crippen LogP contribution in [0.15, 0.2) is 47.4 Å². The quantitative estimate of drug-likeness (QED) is 0.735. The highest BCUT2D eigenvalue weighted by atomic mass is 35.5. The number of para-hydroxylation sites is 1. The summed E-state index contributed by atoms with van der Waals surface area (Å²) in [5.74, 6) is -0.0741. The smallest absolute Gasteiger partial charge is 0.245 e. The molecule has 2 heterocycles. The summed E-state index contributed by atoms with van der Waals surface area (Å²) in [6.07, 6.45) is -0.889. The van der Waals surface area contributed by atoms with Crippen molar-refractivity contribution in [1.82, 2.24) is 4.31 Å². The van der Waals surface area contributed by atoms with Gasteiger partial charge in [-0.05, 0) is 36.2 Å². The van der Waals surface area contributed by atoms with Crippen LogP contribution < -0.4 is 9.64 Å². The number of sulfonamides is 1. The molecule has 0 radical (unpaired) electrons. The fourth-order valence-electron chi connectivity index (χ4n) is 3.94. The number of fused-ring (bicyclic) bond motifs is 1. The highest BCUT2D eigenvalue weighted by Gasteiger charge is 2.46. The van der Waals surface area contributed by atoms with Crippen LogP contribution in [-0.4, -0.2) is 51.0 Å². The Bertz CT molecular complexity index is 1060. The van der Waals surface area contributed by atoms with Gasteiger partial charge in [0.15, 0.2) is 0 Å². The zero-order valence-electron chi connectivity index (χ0n) is 15.7. The molecule has 0 N–H and O–H groups in total. The predicted molar refractivity (Wildman–Crippen MR) is 108 cm³/mol. The van der Waals surface area contributed by atoms with Crippen molar-refractivity contribution in [2.75, 3.05) is 25.1 Å². The Morgan fingerprint density at radius 3 is 2.72 bits per heavy atom. The van der Waals surface area contributed by atoms with Crippen molar-refractivity contribution < 1.29 is 22.3 Å². The summed E-state index contributed by atoms with van der Waals surface area (Å²) in [7, 11) is -2.69. The number of hydrogen-bond donors (Lipinski definition) is 0. The molecule has 0 aromatic heterocycles. The second-order valence-electron chi connectivity index (χ2n) is 7.09. The molecule has 0 unspecified atom stereocenters. The first-order valence-electron chi connectivity index (χ1n) is 9.21. The molecule has 0 spiro atoms. The summed E-state index contributed by atoms with van der Waals surface area (Å²) in [5.41, 5.74) is 1.77. The van der Waals surface area contributed by atoms with E-state index in [9.17, 15) is 17.6 Å². The first kappa shape index (κ1) is 20.1. The van der Waals surface area contributed by atoms with Crippen molar-refractivity contribution in [3.63, 3.8) is 0 Å². The topological polar surface area (TPSA) is 66.9 Å². The van der Waals surface area contributed by atoms with Crippen molar-refractivity contribution in [2.24, 2.45) is 0 Å². The summed E-state index contributed by atoms with van der Waals surface area (Å²) in [5, 5.41) is 0.126. The van der Waals surface area contributed by atoms with E-state index < -0.39 is 28.1 Å². The molecule has 6 nitrogen and oxygen atoms in total. The molecule has 1 saturated heterocycles. The third-order valence-corrected chi connectivity index (χ3v) is 7.54. The van der Waals surface area contributed by atoms with Gasteiger partial charge in [0.05, 0.1) is 17.0 Å². The maximum absolute atomic E-state index is 14.3. The lowest BCUT2D eigenvalue weighted by Gasteiger charge is -2.27. The van der Waals surface area contributed by atoms with Gasteiger partial charge in [-0.3, -0.25) is 4.79 Å². The molecule has 2 aliphatic heterocycles. The Balaban J connectivity index is 1.66. The van der Waals surface area contributed by atoms with Crippen molar-refractivity contribution in [2.45, 2.75) is 30.0 Å². The lowest BCUT2D eigenvalue weighted by atomic mass is 10.1. The molecule has 2 aliphatic rings. The lowest BCUT2D eigenvalue weighted by molar-refractivity contribution is -0.121. The molecule has 2 atom stereocenters. The average molecular weight is 439 g/mol. The van der Waals surface area contributed by atoms with E-state index in [1.807, 2.05) is 24.3 Å². The minimum absolute atomic E-state index is 0.1000. The minimum atomic E-state index is -4.11. The zero-order chi connectivity index (χ0) is 20.8. The zero-order valence-corrected chi connectivity index (χ0v) is 17.3.